The number of hydrogen-bond donors (Lipinski definition) is 1. The summed E-state index contributed by atoms with van der Waals surface area (Å²) < 4.78 is 1.88. The van der Waals surface area contributed by atoms with E-state index in [0.29, 0.717) is 12.1 Å². The number of nitrogens with zero attached hydrogens (tertiary/aromatic N) is 2. The lowest BCUT2D eigenvalue weighted by Gasteiger charge is -2.25. The summed E-state index contributed by atoms with van der Waals surface area (Å²) in [6, 6.07) is 2.34. The molecule has 0 aromatic carbocycles. The number of aromatic nitrogens is 2. The molecule has 17 heavy (non-hydrogen) atoms. The molecule has 2 atom stereocenters. The molecule has 1 aromatic heterocycles. The average molecular weight is 233 g/mol. The van der Waals surface area contributed by atoms with Crippen molar-refractivity contribution in [2.24, 2.45) is 0 Å². The molecule has 4 nitrogen and oxygen atoms in total. The molecule has 0 saturated carbocycles. The van der Waals surface area contributed by atoms with E-state index in [1.165, 1.54) is 6.42 Å². The summed E-state index contributed by atoms with van der Waals surface area (Å²) in [5, 5.41) is 3.41. The van der Waals surface area contributed by atoms with Crippen molar-refractivity contribution >= 4 is 0 Å². The van der Waals surface area contributed by atoms with Gasteiger partial charge in [-0.2, -0.15) is 0 Å². The van der Waals surface area contributed by atoms with Crippen molar-refractivity contribution in [3.05, 3.63) is 27.9 Å². The van der Waals surface area contributed by atoms with Gasteiger partial charge < -0.3 is 5.32 Å². The average Bonchev–Trinajstić information content (AvgIpc) is 2.81. The molecule has 1 fully saturated rings. The molecule has 0 spiro atoms. The third-order valence-electron chi connectivity index (χ3n) is 3.93. The second-order valence-corrected chi connectivity index (χ2v) is 5.20. The largest absolute Gasteiger partial charge is 0.309 e. The molecule has 0 bridgehead atoms. The van der Waals surface area contributed by atoms with Gasteiger partial charge in [0.2, 0.25) is 0 Å². The van der Waals surface area contributed by atoms with Crippen molar-refractivity contribution in [3.8, 4) is 0 Å². The van der Waals surface area contributed by atoms with Crippen LogP contribution in [-0.4, -0.2) is 16.1 Å². The SMILES string of the molecule is CC1CCCc2nc(C3CCCN3)cc(=O)n21. The van der Waals surface area contributed by atoms with Crippen molar-refractivity contribution < 1.29 is 0 Å². The number of aryl methyl sites for hydroxylation is 1. The zero-order valence-corrected chi connectivity index (χ0v) is 10.3. The number of hydrogen-bond acceptors (Lipinski definition) is 3. The van der Waals surface area contributed by atoms with Gasteiger partial charge in [0.25, 0.3) is 5.56 Å². The molecular weight excluding hydrogens is 214 g/mol. The quantitative estimate of drug-likeness (QED) is 0.801. The molecule has 3 heterocycles. The summed E-state index contributed by atoms with van der Waals surface area (Å²) in [6.07, 6.45) is 5.47. The van der Waals surface area contributed by atoms with Gasteiger partial charge >= 0.3 is 0 Å². The van der Waals surface area contributed by atoms with Crippen LogP contribution in [0.15, 0.2) is 10.9 Å². The van der Waals surface area contributed by atoms with E-state index in [1.807, 2.05) is 4.57 Å². The highest BCUT2D eigenvalue weighted by Gasteiger charge is 2.23. The Kier molecular flexibility index (Phi) is 2.74. The van der Waals surface area contributed by atoms with Crippen LogP contribution in [-0.2, 0) is 6.42 Å². The second-order valence-electron chi connectivity index (χ2n) is 5.20. The van der Waals surface area contributed by atoms with Gasteiger partial charge in [0, 0.05) is 24.6 Å². The van der Waals surface area contributed by atoms with Crippen LogP contribution in [0.1, 0.15) is 56.2 Å². The first-order valence-corrected chi connectivity index (χ1v) is 6.61. The molecule has 92 valence electrons. The molecular formula is C13H19N3O. The first-order chi connectivity index (χ1) is 8.25. The van der Waals surface area contributed by atoms with Crippen LogP contribution in [0.2, 0.25) is 0 Å². The Morgan fingerprint density at radius 1 is 1.41 bits per heavy atom. The summed E-state index contributed by atoms with van der Waals surface area (Å²) in [5.41, 5.74) is 1.08. The van der Waals surface area contributed by atoms with E-state index < -0.39 is 0 Å². The molecule has 4 heteroatoms. The molecule has 1 aromatic rings. The summed E-state index contributed by atoms with van der Waals surface area (Å²) >= 11 is 0. The topological polar surface area (TPSA) is 46.9 Å². The summed E-state index contributed by atoms with van der Waals surface area (Å²) in [7, 11) is 0. The van der Waals surface area contributed by atoms with E-state index in [1.54, 1.807) is 6.07 Å². The molecule has 1 saturated heterocycles. The van der Waals surface area contributed by atoms with E-state index in [4.69, 9.17) is 4.98 Å². The monoisotopic (exact) mass is 233 g/mol. The fraction of sp³-hybridized carbons (Fsp3) is 0.692. The third kappa shape index (κ3) is 1.90. The zero-order chi connectivity index (χ0) is 11.8. The lowest BCUT2D eigenvalue weighted by molar-refractivity contribution is 0.400. The fourth-order valence-corrected chi connectivity index (χ4v) is 3.01. The Morgan fingerprint density at radius 3 is 3.06 bits per heavy atom. The molecule has 0 aliphatic carbocycles. The smallest absolute Gasteiger partial charge is 0.254 e. The van der Waals surface area contributed by atoms with Gasteiger partial charge in [-0.05, 0) is 39.2 Å². The van der Waals surface area contributed by atoms with Gasteiger partial charge in [-0.3, -0.25) is 9.36 Å². The van der Waals surface area contributed by atoms with E-state index in [9.17, 15) is 4.79 Å². The first-order valence-electron chi connectivity index (χ1n) is 6.61. The van der Waals surface area contributed by atoms with Crippen LogP contribution in [0.3, 0.4) is 0 Å². The van der Waals surface area contributed by atoms with Gasteiger partial charge in [-0.25, -0.2) is 4.98 Å². The van der Waals surface area contributed by atoms with Crippen molar-refractivity contribution in [2.45, 2.75) is 51.1 Å². The van der Waals surface area contributed by atoms with E-state index in [2.05, 4.69) is 12.2 Å². The Balaban J connectivity index is 2.03. The number of fused-ring (bicyclic) bond motifs is 1. The lowest BCUT2D eigenvalue weighted by Crippen LogP contribution is -2.32. The van der Waals surface area contributed by atoms with E-state index in [0.717, 1.165) is 43.7 Å². The normalized spacial score (nSPS) is 28.1. The molecule has 2 aliphatic rings. The minimum absolute atomic E-state index is 0.130. The summed E-state index contributed by atoms with van der Waals surface area (Å²) in [4.78, 5) is 16.9. The number of nitrogens with one attached hydrogen (secondary N) is 1. The number of rotatable bonds is 1. The van der Waals surface area contributed by atoms with Gasteiger partial charge in [-0.15, -0.1) is 0 Å². The van der Waals surface area contributed by atoms with E-state index >= 15 is 0 Å². The second kappa shape index (κ2) is 4.26. The molecule has 0 radical (unpaired) electrons. The maximum Gasteiger partial charge on any atom is 0.254 e. The summed E-state index contributed by atoms with van der Waals surface area (Å²) in [6.45, 7) is 3.15. The molecule has 2 unspecified atom stereocenters. The predicted octanol–water partition coefficient (Wildman–Crippen LogP) is 1.57. The van der Waals surface area contributed by atoms with Crippen LogP contribution in [0, 0.1) is 0 Å². The lowest BCUT2D eigenvalue weighted by atomic mass is 10.0. The maximum atomic E-state index is 12.1. The Labute approximate surface area is 101 Å². The van der Waals surface area contributed by atoms with Crippen molar-refractivity contribution in [1.29, 1.82) is 0 Å². The molecule has 3 rings (SSSR count). The van der Waals surface area contributed by atoms with Gasteiger partial charge in [0.1, 0.15) is 5.82 Å². The Morgan fingerprint density at radius 2 is 2.29 bits per heavy atom. The molecule has 0 amide bonds. The van der Waals surface area contributed by atoms with Gasteiger partial charge in [0.05, 0.1) is 5.69 Å². The standard InChI is InChI=1S/C13H19N3O/c1-9-4-2-6-12-15-11(8-13(17)16(9)12)10-5-3-7-14-10/h8-10,14H,2-7H2,1H3. The van der Waals surface area contributed by atoms with Crippen molar-refractivity contribution in [2.75, 3.05) is 6.54 Å². The minimum Gasteiger partial charge on any atom is -0.309 e. The highest BCUT2D eigenvalue weighted by molar-refractivity contribution is 5.12. The van der Waals surface area contributed by atoms with Crippen LogP contribution in [0.25, 0.3) is 0 Å². The van der Waals surface area contributed by atoms with Crippen LogP contribution >= 0.6 is 0 Å². The molecule has 1 N–H and O–H groups in total. The maximum absolute atomic E-state index is 12.1. The fourth-order valence-electron chi connectivity index (χ4n) is 3.01. The predicted molar refractivity (Wildman–Crippen MR) is 66.1 cm³/mol. The van der Waals surface area contributed by atoms with Crippen molar-refractivity contribution in [1.82, 2.24) is 14.9 Å². The third-order valence-corrected chi connectivity index (χ3v) is 3.93. The van der Waals surface area contributed by atoms with Crippen molar-refractivity contribution in [3.63, 3.8) is 0 Å². The van der Waals surface area contributed by atoms with Crippen LogP contribution in [0.5, 0.6) is 0 Å². The van der Waals surface area contributed by atoms with Crippen LogP contribution in [0.4, 0.5) is 0 Å². The highest BCUT2D eigenvalue weighted by Crippen LogP contribution is 2.24. The summed E-state index contributed by atoms with van der Waals surface area (Å²) in [5.74, 6) is 0.986. The van der Waals surface area contributed by atoms with Crippen LogP contribution < -0.4 is 10.9 Å². The highest BCUT2D eigenvalue weighted by atomic mass is 16.1. The van der Waals surface area contributed by atoms with E-state index in [-0.39, 0.29) is 5.56 Å². The Hall–Kier alpha value is -1.16. The van der Waals surface area contributed by atoms with Gasteiger partial charge in [0.15, 0.2) is 0 Å². The minimum atomic E-state index is 0.130. The first kappa shape index (κ1) is 11.0. The zero-order valence-electron chi connectivity index (χ0n) is 10.3. The molecule has 2 aliphatic heterocycles. The van der Waals surface area contributed by atoms with Gasteiger partial charge in [-0.1, -0.05) is 0 Å². The Bertz CT molecular complexity index is 474.